The molecule has 0 fully saturated rings. The van der Waals surface area contributed by atoms with Crippen LogP contribution in [0.2, 0.25) is 0 Å². The molecule has 5 aromatic rings. The van der Waals surface area contributed by atoms with E-state index in [-0.39, 0.29) is 29.8 Å². The van der Waals surface area contributed by atoms with Crippen LogP contribution in [0.1, 0.15) is 41.3 Å². The molecule has 0 saturated carbocycles. The Bertz CT molecular complexity index is 2120. The Hall–Kier alpha value is -6.46. The van der Waals surface area contributed by atoms with Crippen LogP contribution in [-0.4, -0.2) is 34.7 Å². The van der Waals surface area contributed by atoms with Crippen LogP contribution in [0, 0.1) is 0 Å². The zero-order chi connectivity index (χ0) is 37.0. The summed E-state index contributed by atoms with van der Waals surface area (Å²) in [5.41, 5.74) is 3.26. The van der Waals surface area contributed by atoms with E-state index in [1.165, 1.54) is 16.8 Å². The number of hydrogen-bond donors (Lipinski definition) is 3. The van der Waals surface area contributed by atoms with E-state index in [9.17, 15) is 19.2 Å². The summed E-state index contributed by atoms with van der Waals surface area (Å²) in [7, 11) is 0. The SMILES string of the molecule is CCC(Sc1cccc(NC(=O)/C(=C/c2ccc(OCc3ccccc3)cc2)NC(=O)c2ccccc2)c1)C(=O)NC1=NN(c2ccccc2)C(=O)C1. The van der Waals surface area contributed by atoms with Crippen LogP contribution in [0.3, 0.4) is 0 Å². The van der Waals surface area contributed by atoms with Crippen LogP contribution in [-0.2, 0) is 21.0 Å². The first-order valence-electron chi connectivity index (χ1n) is 17.0. The Morgan fingerprint density at radius 2 is 1.51 bits per heavy atom. The molecular formula is C42H37N5O5S. The number of anilines is 2. The van der Waals surface area contributed by atoms with Gasteiger partial charge in [0.15, 0.2) is 0 Å². The molecule has 1 aliphatic rings. The molecule has 0 bridgehead atoms. The Kier molecular flexibility index (Phi) is 12.1. The summed E-state index contributed by atoms with van der Waals surface area (Å²) >= 11 is 1.33. The highest BCUT2D eigenvalue weighted by molar-refractivity contribution is 8.00. The number of nitrogens with one attached hydrogen (secondary N) is 3. The van der Waals surface area contributed by atoms with Crippen LogP contribution in [0.5, 0.6) is 5.75 Å². The Morgan fingerprint density at radius 1 is 0.830 bits per heavy atom. The van der Waals surface area contributed by atoms with Crippen molar-refractivity contribution in [2.75, 3.05) is 10.3 Å². The molecule has 11 heteroatoms. The monoisotopic (exact) mass is 723 g/mol. The van der Waals surface area contributed by atoms with Gasteiger partial charge in [0.05, 0.1) is 17.4 Å². The molecule has 0 saturated heterocycles. The van der Waals surface area contributed by atoms with Crippen molar-refractivity contribution in [3.05, 3.63) is 162 Å². The smallest absolute Gasteiger partial charge is 0.272 e. The largest absolute Gasteiger partial charge is 0.489 e. The van der Waals surface area contributed by atoms with Crippen LogP contribution in [0.4, 0.5) is 11.4 Å². The number of nitrogens with zero attached hydrogens (tertiary/aromatic N) is 2. The van der Waals surface area contributed by atoms with Gasteiger partial charge in [-0.1, -0.05) is 91.9 Å². The van der Waals surface area contributed by atoms with E-state index in [4.69, 9.17) is 4.74 Å². The van der Waals surface area contributed by atoms with Crippen molar-refractivity contribution in [2.45, 2.75) is 36.5 Å². The van der Waals surface area contributed by atoms with Crippen LogP contribution in [0.25, 0.3) is 6.08 Å². The molecule has 1 unspecified atom stereocenters. The van der Waals surface area contributed by atoms with Gasteiger partial charge >= 0.3 is 0 Å². The van der Waals surface area contributed by atoms with Gasteiger partial charge < -0.3 is 20.7 Å². The van der Waals surface area contributed by atoms with E-state index in [1.807, 2.05) is 79.7 Å². The van der Waals surface area contributed by atoms with E-state index in [1.54, 1.807) is 72.8 Å². The number of carbonyl (C=O) groups excluding carboxylic acids is 4. The topological polar surface area (TPSA) is 129 Å². The zero-order valence-corrected chi connectivity index (χ0v) is 29.7. The number of amidine groups is 1. The molecule has 6 rings (SSSR count). The summed E-state index contributed by atoms with van der Waals surface area (Å²) in [6.07, 6.45) is 2.10. The second-order valence-corrected chi connectivity index (χ2v) is 13.2. The van der Waals surface area contributed by atoms with E-state index < -0.39 is 17.1 Å². The van der Waals surface area contributed by atoms with Gasteiger partial charge in [0, 0.05) is 16.1 Å². The first-order chi connectivity index (χ1) is 25.8. The quantitative estimate of drug-likeness (QED) is 0.0858. The van der Waals surface area contributed by atoms with Crippen LogP contribution < -0.4 is 25.7 Å². The zero-order valence-electron chi connectivity index (χ0n) is 28.9. The van der Waals surface area contributed by atoms with Gasteiger partial charge in [-0.25, -0.2) is 0 Å². The van der Waals surface area contributed by atoms with Crippen molar-refractivity contribution in [1.82, 2.24) is 10.6 Å². The second kappa shape index (κ2) is 17.7. The fraction of sp³-hybridized carbons (Fsp3) is 0.119. The Balaban J connectivity index is 1.13. The van der Waals surface area contributed by atoms with Crippen LogP contribution in [0.15, 0.2) is 155 Å². The highest BCUT2D eigenvalue weighted by Crippen LogP contribution is 2.29. The van der Waals surface area contributed by atoms with E-state index in [0.29, 0.717) is 41.3 Å². The Labute approximate surface area is 312 Å². The fourth-order valence-corrected chi connectivity index (χ4v) is 6.35. The number of thioether (sulfide) groups is 1. The van der Waals surface area contributed by atoms with E-state index >= 15 is 0 Å². The number of hydrogen-bond acceptors (Lipinski definition) is 7. The van der Waals surface area contributed by atoms with Gasteiger partial charge in [-0.05, 0) is 78.2 Å². The predicted octanol–water partition coefficient (Wildman–Crippen LogP) is 7.41. The number of rotatable bonds is 13. The number of carbonyl (C=O) groups is 4. The molecule has 0 radical (unpaired) electrons. The lowest BCUT2D eigenvalue weighted by atomic mass is 10.1. The molecule has 10 nitrogen and oxygen atoms in total. The fourth-order valence-electron chi connectivity index (χ4n) is 5.34. The number of para-hydroxylation sites is 1. The average molecular weight is 724 g/mol. The second-order valence-electron chi connectivity index (χ2n) is 12.0. The average Bonchev–Trinajstić information content (AvgIpc) is 3.56. The summed E-state index contributed by atoms with van der Waals surface area (Å²) in [5, 5.41) is 13.6. The molecule has 3 N–H and O–H groups in total. The van der Waals surface area contributed by atoms with Gasteiger partial charge in [-0.3, -0.25) is 19.2 Å². The van der Waals surface area contributed by atoms with Crippen molar-refractivity contribution >= 4 is 58.7 Å². The van der Waals surface area contributed by atoms with Gasteiger partial charge in [0.2, 0.25) is 5.91 Å². The molecule has 1 atom stereocenters. The summed E-state index contributed by atoms with van der Waals surface area (Å²) < 4.78 is 5.90. The number of hydrazone groups is 1. The van der Waals surface area contributed by atoms with Crippen molar-refractivity contribution in [3.63, 3.8) is 0 Å². The molecule has 266 valence electrons. The highest BCUT2D eigenvalue weighted by Gasteiger charge is 2.28. The lowest BCUT2D eigenvalue weighted by molar-refractivity contribution is -0.119. The maximum absolute atomic E-state index is 13.7. The first-order valence-corrected chi connectivity index (χ1v) is 17.9. The highest BCUT2D eigenvalue weighted by atomic mass is 32.2. The standard InChI is InChI=1S/C42H37N5O5S/c1-2-37(42(51)45-38-27-39(48)47(46-38)33-18-10-5-11-19-33)53-35-20-12-17-32(26-35)43-41(50)36(44-40(49)31-15-8-4-9-16-31)25-29-21-23-34(24-22-29)52-28-30-13-6-3-7-14-30/h3-26,37H,2,27-28H2,1H3,(H,43,50)(H,44,49)(H,45,46,51)/b36-25-. The molecule has 0 aromatic heterocycles. The van der Waals surface area contributed by atoms with Crippen molar-refractivity contribution in [3.8, 4) is 5.75 Å². The third kappa shape index (κ3) is 10.1. The van der Waals surface area contributed by atoms with E-state index in [2.05, 4.69) is 21.1 Å². The number of ether oxygens (including phenoxy) is 1. The van der Waals surface area contributed by atoms with Gasteiger partial charge in [0.25, 0.3) is 17.7 Å². The Morgan fingerprint density at radius 3 is 2.21 bits per heavy atom. The molecule has 0 spiro atoms. The van der Waals surface area contributed by atoms with Gasteiger partial charge in [-0.2, -0.15) is 10.1 Å². The lowest BCUT2D eigenvalue weighted by Gasteiger charge is -2.15. The number of amides is 4. The molecular weight excluding hydrogens is 687 g/mol. The minimum Gasteiger partial charge on any atom is -0.489 e. The molecule has 1 aliphatic heterocycles. The first kappa shape index (κ1) is 36.3. The number of benzene rings is 5. The maximum Gasteiger partial charge on any atom is 0.272 e. The minimum atomic E-state index is -0.530. The van der Waals surface area contributed by atoms with Crippen molar-refractivity contribution in [2.24, 2.45) is 5.10 Å². The summed E-state index contributed by atoms with van der Waals surface area (Å²) in [4.78, 5) is 53.5. The van der Waals surface area contributed by atoms with Crippen molar-refractivity contribution in [1.29, 1.82) is 0 Å². The van der Waals surface area contributed by atoms with E-state index in [0.717, 1.165) is 10.5 Å². The molecule has 0 aliphatic carbocycles. The normalized spacial score (nSPS) is 13.2. The summed E-state index contributed by atoms with van der Waals surface area (Å²) in [5.74, 6) is -0.519. The molecule has 53 heavy (non-hydrogen) atoms. The van der Waals surface area contributed by atoms with Gasteiger partial charge in [-0.15, -0.1) is 11.8 Å². The predicted molar refractivity (Wildman–Crippen MR) is 208 cm³/mol. The molecule has 5 aromatic carbocycles. The summed E-state index contributed by atoms with van der Waals surface area (Å²) in [6, 6.07) is 41.9. The summed E-state index contributed by atoms with van der Waals surface area (Å²) in [6.45, 7) is 2.32. The third-order valence-electron chi connectivity index (χ3n) is 8.05. The van der Waals surface area contributed by atoms with Crippen molar-refractivity contribution < 1.29 is 23.9 Å². The third-order valence-corrected chi connectivity index (χ3v) is 9.40. The van der Waals surface area contributed by atoms with Gasteiger partial charge in [0.1, 0.15) is 23.9 Å². The lowest BCUT2D eigenvalue weighted by Crippen LogP contribution is -2.36. The molecule has 4 amide bonds. The molecule has 1 heterocycles. The van der Waals surface area contributed by atoms with Crippen LogP contribution >= 0.6 is 11.8 Å². The minimum absolute atomic E-state index is 0.00784. The maximum atomic E-state index is 13.7.